The van der Waals surface area contributed by atoms with Gasteiger partial charge in [-0.05, 0) is 48.9 Å². The van der Waals surface area contributed by atoms with E-state index in [1.54, 1.807) is 12.3 Å². The van der Waals surface area contributed by atoms with Crippen LogP contribution >= 0.6 is 0 Å². The summed E-state index contributed by atoms with van der Waals surface area (Å²) in [6.45, 7) is 1.98. The van der Waals surface area contributed by atoms with Crippen LogP contribution in [0.4, 0.5) is 0 Å². The van der Waals surface area contributed by atoms with E-state index in [1.165, 1.54) is 0 Å². The van der Waals surface area contributed by atoms with Crippen molar-refractivity contribution in [2.24, 2.45) is 0 Å². The lowest BCUT2D eigenvalue weighted by Gasteiger charge is -2.07. The summed E-state index contributed by atoms with van der Waals surface area (Å²) in [4.78, 5) is 17.1. The fourth-order valence-electron chi connectivity index (χ4n) is 2.71. The number of para-hydroxylation sites is 1. The first kappa shape index (κ1) is 12.8. The number of aromatic nitrogens is 1. The molecule has 0 saturated heterocycles. The summed E-state index contributed by atoms with van der Waals surface area (Å²) in [6.07, 6.45) is 1.73. The molecule has 106 valence electrons. The summed E-state index contributed by atoms with van der Waals surface area (Å²) in [5.41, 5.74) is 3.88. The minimum atomic E-state index is -0.00553. The van der Waals surface area contributed by atoms with Crippen LogP contribution in [0, 0.1) is 6.92 Å². The maximum Gasteiger partial charge on any atom is 0.200 e. The Balaban J connectivity index is 2.17. The average Bonchev–Trinajstić information content (AvgIpc) is 2.55. The van der Waals surface area contributed by atoms with Crippen LogP contribution in [0.15, 0.2) is 70.0 Å². The van der Waals surface area contributed by atoms with Crippen molar-refractivity contribution in [3.63, 3.8) is 0 Å². The van der Waals surface area contributed by atoms with Crippen LogP contribution < -0.4 is 5.43 Å². The van der Waals surface area contributed by atoms with E-state index in [2.05, 4.69) is 4.98 Å². The van der Waals surface area contributed by atoms with Crippen molar-refractivity contribution in [3.8, 4) is 11.3 Å². The first-order valence-electron chi connectivity index (χ1n) is 7.11. The van der Waals surface area contributed by atoms with Crippen molar-refractivity contribution < 1.29 is 4.42 Å². The van der Waals surface area contributed by atoms with Gasteiger partial charge in [0.1, 0.15) is 11.2 Å². The lowest BCUT2D eigenvalue weighted by molar-refractivity contribution is 0.660. The lowest BCUT2D eigenvalue weighted by Crippen LogP contribution is -2.02. The fraction of sp³-hybridized carbons (Fsp3) is 0.0526. The van der Waals surface area contributed by atoms with Gasteiger partial charge in [0.25, 0.3) is 0 Å². The van der Waals surface area contributed by atoms with E-state index < -0.39 is 0 Å². The number of hydrogen-bond donors (Lipinski definition) is 0. The SMILES string of the molecule is Cc1ccc2c(=O)c3cccc(-c4ccccn4)c3oc2c1. The molecule has 3 heteroatoms. The van der Waals surface area contributed by atoms with E-state index >= 15 is 0 Å². The van der Waals surface area contributed by atoms with Crippen LogP contribution in [0.25, 0.3) is 33.2 Å². The summed E-state index contributed by atoms with van der Waals surface area (Å²) < 4.78 is 6.05. The van der Waals surface area contributed by atoms with Crippen molar-refractivity contribution in [1.29, 1.82) is 0 Å². The second-order valence-electron chi connectivity index (χ2n) is 5.33. The lowest BCUT2D eigenvalue weighted by atomic mass is 10.0. The van der Waals surface area contributed by atoms with Gasteiger partial charge in [-0.1, -0.05) is 18.2 Å². The molecule has 4 rings (SSSR count). The van der Waals surface area contributed by atoms with E-state index in [0.29, 0.717) is 21.9 Å². The standard InChI is InChI=1S/C19H13NO2/c1-12-8-9-14-17(11-12)22-19-13(16-7-2-3-10-20-16)5-4-6-15(19)18(14)21/h2-11H,1H3. The number of rotatable bonds is 1. The summed E-state index contributed by atoms with van der Waals surface area (Å²) in [5.74, 6) is 0. The maximum atomic E-state index is 12.7. The molecule has 2 aromatic heterocycles. The van der Waals surface area contributed by atoms with Crippen LogP contribution in [-0.4, -0.2) is 4.98 Å². The van der Waals surface area contributed by atoms with Crippen LogP contribution in [0.3, 0.4) is 0 Å². The summed E-state index contributed by atoms with van der Waals surface area (Å²) in [7, 11) is 0. The highest BCUT2D eigenvalue weighted by molar-refractivity contribution is 5.96. The van der Waals surface area contributed by atoms with Gasteiger partial charge in [0.15, 0.2) is 0 Å². The van der Waals surface area contributed by atoms with Gasteiger partial charge in [-0.15, -0.1) is 0 Å². The zero-order valence-corrected chi connectivity index (χ0v) is 12.0. The molecule has 3 nitrogen and oxygen atoms in total. The van der Waals surface area contributed by atoms with Crippen molar-refractivity contribution in [2.75, 3.05) is 0 Å². The Hall–Kier alpha value is -2.94. The molecule has 4 aromatic rings. The molecule has 2 heterocycles. The molecule has 22 heavy (non-hydrogen) atoms. The molecular weight excluding hydrogens is 274 g/mol. The minimum Gasteiger partial charge on any atom is -0.455 e. The van der Waals surface area contributed by atoms with E-state index in [-0.39, 0.29) is 5.43 Å². The smallest absolute Gasteiger partial charge is 0.200 e. The Bertz CT molecular complexity index is 1050. The van der Waals surface area contributed by atoms with Gasteiger partial charge in [0.2, 0.25) is 5.43 Å². The Labute approximate surface area is 126 Å². The van der Waals surface area contributed by atoms with E-state index in [1.807, 2.05) is 55.5 Å². The molecule has 0 bridgehead atoms. The Kier molecular flexibility index (Phi) is 2.79. The van der Waals surface area contributed by atoms with E-state index in [0.717, 1.165) is 16.8 Å². The molecule has 0 N–H and O–H groups in total. The summed E-state index contributed by atoms with van der Waals surface area (Å²) in [5, 5.41) is 1.19. The molecule has 0 saturated carbocycles. The number of hydrogen-bond acceptors (Lipinski definition) is 3. The number of nitrogens with zero attached hydrogens (tertiary/aromatic N) is 1. The quantitative estimate of drug-likeness (QED) is 0.490. The minimum absolute atomic E-state index is 0.00553. The molecule has 0 aliphatic carbocycles. The van der Waals surface area contributed by atoms with Crippen molar-refractivity contribution in [2.45, 2.75) is 6.92 Å². The highest BCUT2D eigenvalue weighted by atomic mass is 16.3. The van der Waals surface area contributed by atoms with Gasteiger partial charge in [0.05, 0.1) is 16.5 Å². The third-order valence-corrected chi connectivity index (χ3v) is 3.79. The second kappa shape index (κ2) is 4.81. The molecule has 0 fully saturated rings. The van der Waals surface area contributed by atoms with Crippen molar-refractivity contribution in [1.82, 2.24) is 4.98 Å². The second-order valence-corrected chi connectivity index (χ2v) is 5.33. The molecular formula is C19H13NO2. The van der Waals surface area contributed by atoms with Gasteiger partial charge in [0, 0.05) is 11.8 Å². The van der Waals surface area contributed by atoms with Gasteiger partial charge in [-0.25, -0.2) is 0 Å². The average molecular weight is 287 g/mol. The highest BCUT2D eigenvalue weighted by Crippen LogP contribution is 2.28. The van der Waals surface area contributed by atoms with E-state index in [4.69, 9.17) is 4.42 Å². The molecule has 0 aliphatic rings. The fourth-order valence-corrected chi connectivity index (χ4v) is 2.71. The first-order chi connectivity index (χ1) is 10.7. The molecule has 0 atom stereocenters. The summed E-state index contributed by atoms with van der Waals surface area (Å²) in [6, 6.07) is 16.9. The van der Waals surface area contributed by atoms with Gasteiger partial charge in [-0.3, -0.25) is 9.78 Å². The van der Waals surface area contributed by atoms with Crippen LogP contribution in [0.1, 0.15) is 5.56 Å². The predicted octanol–water partition coefficient (Wildman–Crippen LogP) is 4.32. The number of pyridine rings is 1. The van der Waals surface area contributed by atoms with Crippen molar-refractivity contribution in [3.05, 3.63) is 76.6 Å². The number of aryl methyl sites for hydroxylation is 1. The zero-order chi connectivity index (χ0) is 15.1. The predicted molar refractivity (Wildman–Crippen MR) is 88.0 cm³/mol. The van der Waals surface area contributed by atoms with Gasteiger partial charge < -0.3 is 4.42 Å². The molecule has 0 aliphatic heterocycles. The van der Waals surface area contributed by atoms with Crippen molar-refractivity contribution >= 4 is 21.9 Å². The number of fused-ring (bicyclic) bond motifs is 2. The normalized spacial score (nSPS) is 11.1. The monoisotopic (exact) mass is 287 g/mol. The summed E-state index contributed by atoms with van der Waals surface area (Å²) >= 11 is 0. The van der Waals surface area contributed by atoms with Gasteiger partial charge >= 0.3 is 0 Å². The molecule has 0 unspecified atom stereocenters. The molecule has 0 spiro atoms. The third-order valence-electron chi connectivity index (χ3n) is 3.79. The van der Waals surface area contributed by atoms with Crippen LogP contribution in [0.5, 0.6) is 0 Å². The molecule has 0 amide bonds. The van der Waals surface area contributed by atoms with E-state index in [9.17, 15) is 4.79 Å². The van der Waals surface area contributed by atoms with Crippen LogP contribution in [0.2, 0.25) is 0 Å². The largest absolute Gasteiger partial charge is 0.455 e. The van der Waals surface area contributed by atoms with Gasteiger partial charge in [-0.2, -0.15) is 0 Å². The first-order valence-corrected chi connectivity index (χ1v) is 7.11. The topological polar surface area (TPSA) is 43.1 Å². The molecule has 0 radical (unpaired) electrons. The zero-order valence-electron chi connectivity index (χ0n) is 12.0. The number of benzene rings is 2. The van der Waals surface area contributed by atoms with Crippen LogP contribution in [-0.2, 0) is 0 Å². The Morgan fingerprint density at radius 2 is 1.86 bits per heavy atom. The highest BCUT2D eigenvalue weighted by Gasteiger charge is 2.12. The Morgan fingerprint density at radius 3 is 2.68 bits per heavy atom. The third kappa shape index (κ3) is 1.91. The molecule has 2 aromatic carbocycles. The Morgan fingerprint density at radius 1 is 0.955 bits per heavy atom. The maximum absolute atomic E-state index is 12.7.